The first kappa shape index (κ1) is 25.1. The van der Waals surface area contributed by atoms with Crippen LogP contribution in [0.2, 0.25) is 0 Å². The topological polar surface area (TPSA) is 103 Å². The predicted molar refractivity (Wildman–Crippen MR) is 130 cm³/mol. The number of amides is 1. The SMILES string of the molecule is COc1ccc(NC(=O)C(Cc2ccccc2)NS(=O)(=O)c2cc(C)ccc2OC)c(OC)c1. The van der Waals surface area contributed by atoms with Crippen LogP contribution in [0.15, 0.2) is 71.6 Å². The Balaban J connectivity index is 1.94. The van der Waals surface area contributed by atoms with Gasteiger partial charge in [0, 0.05) is 6.07 Å². The maximum Gasteiger partial charge on any atom is 0.245 e. The molecular weight excluding hydrogens is 456 g/mol. The van der Waals surface area contributed by atoms with Crippen LogP contribution in [-0.2, 0) is 21.2 Å². The van der Waals surface area contributed by atoms with Gasteiger partial charge in [-0.25, -0.2) is 8.42 Å². The minimum atomic E-state index is -4.10. The van der Waals surface area contributed by atoms with E-state index < -0.39 is 22.0 Å². The van der Waals surface area contributed by atoms with E-state index in [2.05, 4.69) is 10.0 Å². The Bertz CT molecular complexity index is 1250. The molecule has 2 N–H and O–H groups in total. The summed E-state index contributed by atoms with van der Waals surface area (Å²) in [6, 6.07) is 17.8. The molecule has 180 valence electrons. The van der Waals surface area contributed by atoms with Gasteiger partial charge in [0.1, 0.15) is 28.2 Å². The van der Waals surface area contributed by atoms with Crippen LogP contribution in [0.25, 0.3) is 0 Å². The first-order valence-electron chi connectivity index (χ1n) is 10.5. The van der Waals surface area contributed by atoms with Crippen LogP contribution in [0.5, 0.6) is 17.2 Å². The minimum Gasteiger partial charge on any atom is -0.497 e. The smallest absolute Gasteiger partial charge is 0.245 e. The number of aryl methyl sites for hydroxylation is 1. The van der Waals surface area contributed by atoms with Crippen molar-refractivity contribution in [3.63, 3.8) is 0 Å². The molecule has 0 bridgehead atoms. The van der Waals surface area contributed by atoms with Crippen molar-refractivity contribution in [2.45, 2.75) is 24.3 Å². The molecular formula is C25H28N2O6S. The van der Waals surface area contributed by atoms with Gasteiger partial charge < -0.3 is 19.5 Å². The number of carbonyl (C=O) groups excluding carboxylic acids is 1. The summed E-state index contributed by atoms with van der Waals surface area (Å²) >= 11 is 0. The van der Waals surface area contributed by atoms with Crippen molar-refractivity contribution in [3.05, 3.63) is 77.9 Å². The van der Waals surface area contributed by atoms with Crippen LogP contribution in [0.3, 0.4) is 0 Å². The molecule has 0 fully saturated rings. The van der Waals surface area contributed by atoms with Gasteiger partial charge >= 0.3 is 0 Å². The number of sulfonamides is 1. The fourth-order valence-corrected chi connectivity index (χ4v) is 4.85. The second kappa shape index (κ2) is 11.0. The predicted octanol–water partition coefficient (Wildman–Crippen LogP) is 3.55. The first-order valence-corrected chi connectivity index (χ1v) is 12.0. The van der Waals surface area contributed by atoms with Gasteiger partial charge in [0.05, 0.1) is 27.0 Å². The lowest BCUT2D eigenvalue weighted by Gasteiger charge is -2.21. The van der Waals surface area contributed by atoms with Gasteiger partial charge in [0.25, 0.3) is 0 Å². The van der Waals surface area contributed by atoms with Crippen molar-refractivity contribution in [2.75, 3.05) is 26.6 Å². The number of nitrogens with one attached hydrogen (secondary N) is 2. The summed E-state index contributed by atoms with van der Waals surface area (Å²) in [5.74, 6) is 0.591. The number of anilines is 1. The van der Waals surface area contributed by atoms with Crippen LogP contribution in [0.1, 0.15) is 11.1 Å². The zero-order chi connectivity index (χ0) is 24.7. The molecule has 0 aliphatic carbocycles. The molecule has 0 aliphatic rings. The third-order valence-corrected chi connectivity index (χ3v) is 6.66. The lowest BCUT2D eigenvalue weighted by molar-refractivity contribution is -0.117. The average Bonchev–Trinajstić information content (AvgIpc) is 2.84. The second-order valence-corrected chi connectivity index (χ2v) is 9.26. The largest absolute Gasteiger partial charge is 0.497 e. The third kappa shape index (κ3) is 6.06. The van der Waals surface area contributed by atoms with Crippen molar-refractivity contribution in [2.24, 2.45) is 0 Å². The van der Waals surface area contributed by atoms with Crippen molar-refractivity contribution in [1.82, 2.24) is 4.72 Å². The maximum absolute atomic E-state index is 13.3. The van der Waals surface area contributed by atoms with E-state index >= 15 is 0 Å². The molecule has 9 heteroatoms. The summed E-state index contributed by atoms with van der Waals surface area (Å²) in [7, 11) is 0.297. The third-order valence-electron chi connectivity index (χ3n) is 5.17. The Morgan fingerprint density at radius 3 is 2.24 bits per heavy atom. The highest BCUT2D eigenvalue weighted by Crippen LogP contribution is 2.30. The van der Waals surface area contributed by atoms with E-state index in [1.807, 2.05) is 30.3 Å². The molecule has 0 saturated carbocycles. The summed E-state index contributed by atoms with van der Waals surface area (Å²) in [5.41, 5.74) is 1.93. The minimum absolute atomic E-state index is 0.0390. The lowest BCUT2D eigenvalue weighted by Crippen LogP contribution is -2.45. The number of hydrogen-bond donors (Lipinski definition) is 2. The average molecular weight is 485 g/mol. The molecule has 0 saturated heterocycles. The second-order valence-electron chi connectivity index (χ2n) is 7.57. The number of benzene rings is 3. The Labute approximate surface area is 199 Å². The molecule has 1 amide bonds. The number of hydrogen-bond acceptors (Lipinski definition) is 6. The molecule has 3 aromatic rings. The summed E-state index contributed by atoms with van der Waals surface area (Å²) in [6.07, 6.45) is 0.137. The van der Waals surface area contributed by atoms with E-state index in [4.69, 9.17) is 14.2 Å². The molecule has 3 rings (SSSR count). The van der Waals surface area contributed by atoms with E-state index in [-0.39, 0.29) is 17.1 Å². The molecule has 0 spiro atoms. The highest BCUT2D eigenvalue weighted by Gasteiger charge is 2.29. The zero-order valence-corrected chi connectivity index (χ0v) is 20.3. The van der Waals surface area contributed by atoms with Crippen LogP contribution < -0.4 is 24.2 Å². The maximum atomic E-state index is 13.3. The van der Waals surface area contributed by atoms with Crippen LogP contribution in [0.4, 0.5) is 5.69 Å². The van der Waals surface area contributed by atoms with Gasteiger partial charge in [0.15, 0.2) is 0 Å². The fourth-order valence-electron chi connectivity index (χ4n) is 3.40. The number of ether oxygens (including phenoxy) is 3. The Morgan fingerprint density at radius 2 is 1.59 bits per heavy atom. The lowest BCUT2D eigenvalue weighted by atomic mass is 10.1. The molecule has 0 radical (unpaired) electrons. The Kier molecular flexibility index (Phi) is 8.14. The monoisotopic (exact) mass is 484 g/mol. The number of carbonyl (C=O) groups is 1. The number of rotatable bonds is 10. The zero-order valence-electron chi connectivity index (χ0n) is 19.5. The van der Waals surface area contributed by atoms with Gasteiger partial charge in [0.2, 0.25) is 15.9 Å². The summed E-state index contributed by atoms with van der Waals surface area (Å²) in [5, 5.41) is 2.77. The van der Waals surface area contributed by atoms with Gasteiger partial charge in [-0.05, 0) is 48.7 Å². The van der Waals surface area contributed by atoms with Crippen molar-refractivity contribution >= 4 is 21.6 Å². The number of methoxy groups -OCH3 is 3. The van der Waals surface area contributed by atoms with E-state index in [1.165, 1.54) is 27.4 Å². The molecule has 0 aromatic heterocycles. The van der Waals surface area contributed by atoms with E-state index in [9.17, 15) is 13.2 Å². The normalized spacial score (nSPS) is 12.0. The van der Waals surface area contributed by atoms with Gasteiger partial charge in [-0.1, -0.05) is 36.4 Å². The van der Waals surface area contributed by atoms with Crippen LogP contribution >= 0.6 is 0 Å². The molecule has 0 heterocycles. The van der Waals surface area contributed by atoms with Crippen LogP contribution in [-0.4, -0.2) is 41.7 Å². The van der Waals surface area contributed by atoms with Crippen molar-refractivity contribution in [1.29, 1.82) is 0 Å². The van der Waals surface area contributed by atoms with E-state index in [0.29, 0.717) is 17.2 Å². The van der Waals surface area contributed by atoms with Gasteiger partial charge in [-0.3, -0.25) is 4.79 Å². The molecule has 34 heavy (non-hydrogen) atoms. The fraction of sp³-hybridized carbons (Fsp3) is 0.240. The molecule has 1 atom stereocenters. The van der Waals surface area contributed by atoms with Crippen molar-refractivity contribution < 1.29 is 27.4 Å². The highest BCUT2D eigenvalue weighted by atomic mass is 32.2. The summed E-state index contributed by atoms with van der Waals surface area (Å²) in [6.45, 7) is 1.78. The van der Waals surface area contributed by atoms with E-state index in [1.54, 1.807) is 37.3 Å². The van der Waals surface area contributed by atoms with Crippen molar-refractivity contribution in [3.8, 4) is 17.2 Å². The summed E-state index contributed by atoms with van der Waals surface area (Å²) < 4.78 is 45.0. The summed E-state index contributed by atoms with van der Waals surface area (Å²) in [4.78, 5) is 13.3. The van der Waals surface area contributed by atoms with Crippen LogP contribution in [0, 0.1) is 6.92 Å². The van der Waals surface area contributed by atoms with Gasteiger partial charge in [-0.15, -0.1) is 0 Å². The molecule has 3 aromatic carbocycles. The molecule has 8 nitrogen and oxygen atoms in total. The standard InChI is InChI=1S/C25H28N2O6S/c1-17-10-13-22(32-3)24(14-17)34(29,30)27-21(15-18-8-6-5-7-9-18)25(28)26-20-12-11-19(31-2)16-23(20)33-4/h5-14,16,21,27H,15H2,1-4H3,(H,26,28). The Hall–Kier alpha value is -3.56. The van der Waals surface area contributed by atoms with E-state index in [0.717, 1.165) is 11.1 Å². The Morgan fingerprint density at radius 1 is 0.882 bits per heavy atom. The molecule has 0 aliphatic heterocycles. The quantitative estimate of drug-likeness (QED) is 0.456. The van der Waals surface area contributed by atoms with Gasteiger partial charge in [-0.2, -0.15) is 4.72 Å². The molecule has 1 unspecified atom stereocenters. The first-order chi connectivity index (χ1) is 16.3. The highest BCUT2D eigenvalue weighted by molar-refractivity contribution is 7.89.